The van der Waals surface area contributed by atoms with Crippen LogP contribution in [0.15, 0.2) is 42.5 Å². The lowest BCUT2D eigenvalue weighted by atomic mass is 9.83. The number of aliphatic hydroxyl groups excluding tert-OH is 1. The van der Waals surface area contributed by atoms with Crippen molar-refractivity contribution in [3.8, 4) is 5.75 Å². The van der Waals surface area contributed by atoms with Gasteiger partial charge in [-0.15, -0.1) is 0 Å². The van der Waals surface area contributed by atoms with Crippen molar-refractivity contribution in [3.63, 3.8) is 0 Å². The topological polar surface area (TPSA) is 67.5 Å². The molecule has 27 heavy (non-hydrogen) atoms. The number of hydrogen-bond acceptors (Lipinski definition) is 4. The van der Waals surface area contributed by atoms with E-state index in [1.807, 2.05) is 30.3 Å². The second-order valence-electron chi connectivity index (χ2n) is 7.26. The van der Waals surface area contributed by atoms with Gasteiger partial charge in [-0.3, -0.25) is 0 Å². The third-order valence-electron chi connectivity index (χ3n) is 4.85. The Morgan fingerprint density at radius 1 is 1.15 bits per heavy atom. The van der Waals surface area contributed by atoms with E-state index in [9.17, 15) is 18.3 Å². The van der Waals surface area contributed by atoms with E-state index in [1.165, 1.54) is 12.1 Å². The number of anilines is 1. The van der Waals surface area contributed by atoms with Gasteiger partial charge in [-0.2, -0.15) is 13.2 Å². The van der Waals surface area contributed by atoms with Crippen LogP contribution in [0.4, 0.5) is 18.9 Å². The van der Waals surface area contributed by atoms with E-state index < -0.39 is 29.5 Å². The molecule has 4 nitrogen and oxygen atoms in total. The maximum Gasteiger partial charge on any atom is 0.418 e. The van der Waals surface area contributed by atoms with Gasteiger partial charge in [0.2, 0.25) is 0 Å². The van der Waals surface area contributed by atoms with Crippen LogP contribution in [-0.2, 0) is 12.6 Å². The van der Waals surface area contributed by atoms with Gasteiger partial charge in [0.25, 0.3) is 0 Å². The number of ether oxygens (including phenoxy) is 1. The van der Waals surface area contributed by atoms with Crippen LogP contribution >= 0.6 is 0 Å². The minimum atomic E-state index is -4.65. The second kappa shape index (κ2) is 7.05. The predicted molar refractivity (Wildman–Crippen MR) is 97.5 cm³/mol. The Morgan fingerprint density at radius 3 is 2.44 bits per heavy atom. The highest BCUT2D eigenvalue weighted by Crippen LogP contribution is 2.48. The van der Waals surface area contributed by atoms with Crippen LogP contribution in [0.3, 0.4) is 0 Å². The van der Waals surface area contributed by atoms with Crippen molar-refractivity contribution in [2.45, 2.75) is 44.2 Å². The Morgan fingerprint density at radius 2 is 1.81 bits per heavy atom. The molecule has 0 bridgehead atoms. The van der Waals surface area contributed by atoms with Crippen LogP contribution in [0.25, 0.3) is 0 Å². The van der Waals surface area contributed by atoms with Crippen molar-refractivity contribution in [1.29, 1.82) is 0 Å². The van der Waals surface area contributed by atoms with E-state index in [-0.39, 0.29) is 17.0 Å². The van der Waals surface area contributed by atoms with Crippen LogP contribution in [0.1, 0.15) is 36.6 Å². The number of rotatable bonds is 4. The average molecular weight is 380 g/mol. The Bertz CT molecular complexity index is 807. The number of nitrogens with two attached hydrogens (primary N) is 1. The van der Waals surface area contributed by atoms with Gasteiger partial charge in [0.15, 0.2) is 0 Å². The van der Waals surface area contributed by atoms with Gasteiger partial charge in [0.1, 0.15) is 17.5 Å². The Hall–Kier alpha value is -2.25. The summed E-state index contributed by atoms with van der Waals surface area (Å²) in [5, 5.41) is 13.8. The van der Waals surface area contributed by atoms with Crippen LogP contribution in [0, 0.1) is 0 Å². The monoisotopic (exact) mass is 380 g/mol. The third kappa shape index (κ3) is 3.89. The highest BCUT2D eigenvalue weighted by atomic mass is 19.4. The first-order valence-electron chi connectivity index (χ1n) is 8.75. The number of nitrogen functional groups attached to an aromatic ring is 1. The molecule has 0 saturated carbocycles. The number of alkyl halides is 3. The molecule has 146 valence electrons. The van der Waals surface area contributed by atoms with Crippen LogP contribution in [0.2, 0.25) is 0 Å². The lowest BCUT2D eigenvalue weighted by molar-refractivity contribution is -0.140. The molecule has 1 heterocycles. The van der Waals surface area contributed by atoms with Crippen LogP contribution in [-0.4, -0.2) is 23.4 Å². The summed E-state index contributed by atoms with van der Waals surface area (Å²) in [7, 11) is 0. The molecule has 2 atom stereocenters. The van der Waals surface area contributed by atoms with E-state index in [1.54, 1.807) is 13.8 Å². The zero-order valence-electron chi connectivity index (χ0n) is 15.2. The molecule has 2 aromatic carbocycles. The van der Waals surface area contributed by atoms with Crippen molar-refractivity contribution < 1.29 is 23.0 Å². The summed E-state index contributed by atoms with van der Waals surface area (Å²) < 4.78 is 46.7. The Balaban J connectivity index is 1.96. The fraction of sp³-hybridized carbons (Fsp3) is 0.400. The zero-order valence-corrected chi connectivity index (χ0v) is 15.2. The van der Waals surface area contributed by atoms with Crippen molar-refractivity contribution >= 4 is 5.69 Å². The SMILES string of the molecule is CC1(C)Oc2ccc(N)c(C(F)(F)F)c2C(NCCc2ccccc2)C1O. The maximum atomic E-state index is 13.7. The molecule has 0 fully saturated rings. The molecule has 0 radical (unpaired) electrons. The number of nitrogens with one attached hydrogen (secondary N) is 1. The lowest BCUT2D eigenvalue weighted by Crippen LogP contribution is -2.53. The smallest absolute Gasteiger partial charge is 0.418 e. The standard InChI is InChI=1S/C20H23F3N2O2/c1-19(2)18(26)17(25-11-10-12-6-4-3-5-7-12)15-14(27-19)9-8-13(24)16(15)20(21,22)23/h3-9,17-18,25-26H,10-11,24H2,1-2H3. The molecule has 1 aliphatic rings. The van der Waals surface area contributed by atoms with Gasteiger partial charge >= 0.3 is 6.18 Å². The van der Waals surface area contributed by atoms with Gasteiger partial charge in [-0.1, -0.05) is 30.3 Å². The molecule has 3 rings (SSSR count). The number of aliphatic hydroxyl groups is 1. The number of hydrogen-bond donors (Lipinski definition) is 3. The van der Waals surface area contributed by atoms with Crippen molar-refractivity contribution in [1.82, 2.24) is 5.32 Å². The molecular formula is C20H23F3N2O2. The number of benzene rings is 2. The molecule has 0 amide bonds. The highest BCUT2D eigenvalue weighted by Gasteiger charge is 2.48. The Kier molecular flexibility index (Phi) is 5.10. The predicted octanol–water partition coefficient (Wildman–Crippen LogP) is 3.69. The van der Waals surface area contributed by atoms with Crippen molar-refractivity contribution in [3.05, 3.63) is 59.2 Å². The summed E-state index contributed by atoms with van der Waals surface area (Å²) >= 11 is 0. The Labute approximate surface area is 156 Å². The fourth-order valence-corrected chi connectivity index (χ4v) is 3.46. The molecule has 4 N–H and O–H groups in total. The molecule has 0 aromatic heterocycles. The van der Waals surface area contributed by atoms with Gasteiger partial charge < -0.3 is 20.9 Å². The van der Waals surface area contributed by atoms with E-state index in [2.05, 4.69) is 5.32 Å². The molecule has 0 spiro atoms. The minimum Gasteiger partial charge on any atom is -0.485 e. The maximum absolute atomic E-state index is 13.7. The van der Waals surface area contributed by atoms with Gasteiger partial charge in [0.05, 0.1) is 11.6 Å². The van der Waals surface area contributed by atoms with Crippen LogP contribution < -0.4 is 15.8 Å². The van der Waals surface area contributed by atoms with Gasteiger partial charge in [-0.25, -0.2) is 0 Å². The minimum absolute atomic E-state index is 0.0871. The second-order valence-corrected chi connectivity index (χ2v) is 7.26. The molecule has 1 aliphatic heterocycles. The summed E-state index contributed by atoms with van der Waals surface area (Å²) in [6.07, 6.45) is -5.22. The lowest BCUT2D eigenvalue weighted by Gasteiger charge is -2.43. The molecule has 0 aliphatic carbocycles. The zero-order chi connectivity index (χ0) is 19.8. The van der Waals surface area contributed by atoms with Gasteiger partial charge in [-0.05, 0) is 44.5 Å². The first kappa shape index (κ1) is 19.5. The molecule has 2 unspecified atom stereocenters. The van der Waals surface area contributed by atoms with Crippen molar-refractivity contribution in [2.24, 2.45) is 0 Å². The number of fused-ring (bicyclic) bond motifs is 1. The van der Waals surface area contributed by atoms with Crippen molar-refractivity contribution in [2.75, 3.05) is 12.3 Å². The average Bonchev–Trinajstić information content (AvgIpc) is 2.58. The first-order valence-corrected chi connectivity index (χ1v) is 8.75. The molecule has 7 heteroatoms. The third-order valence-corrected chi connectivity index (χ3v) is 4.85. The van der Waals surface area contributed by atoms with E-state index in [0.717, 1.165) is 5.56 Å². The largest absolute Gasteiger partial charge is 0.485 e. The summed E-state index contributed by atoms with van der Waals surface area (Å²) in [6, 6.07) is 11.3. The summed E-state index contributed by atoms with van der Waals surface area (Å²) in [4.78, 5) is 0. The first-order chi connectivity index (χ1) is 12.6. The molecule has 2 aromatic rings. The summed E-state index contributed by atoms with van der Waals surface area (Å²) in [5.74, 6) is 0.0871. The quantitative estimate of drug-likeness (QED) is 0.708. The molecule has 0 saturated heterocycles. The van der Waals surface area contributed by atoms with E-state index >= 15 is 0 Å². The van der Waals surface area contributed by atoms with Crippen LogP contribution in [0.5, 0.6) is 5.75 Å². The summed E-state index contributed by atoms with van der Waals surface area (Å²) in [5.41, 5.74) is 4.17. The van der Waals surface area contributed by atoms with E-state index in [0.29, 0.717) is 13.0 Å². The van der Waals surface area contributed by atoms with E-state index in [4.69, 9.17) is 10.5 Å². The molecular weight excluding hydrogens is 357 g/mol. The van der Waals surface area contributed by atoms with Gasteiger partial charge in [0, 0.05) is 11.3 Å². The fourth-order valence-electron chi connectivity index (χ4n) is 3.46. The normalized spacial score (nSPS) is 21.4. The number of halogens is 3. The highest BCUT2D eigenvalue weighted by molar-refractivity contribution is 5.60. The summed E-state index contributed by atoms with van der Waals surface area (Å²) in [6.45, 7) is 3.69.